The number of hydrogen-bond acceptors (Lipinski definition) is 6. The Hall–Kier alpha value is -4.77. The third kappa shape index (κ3) is 9.87. The van der Waals surface area contributed by atoms with Crippen LogP contribution >= 0.6 is 0 Å². The van der Waals surface area contributed by atoms with Gasteiger partial charge in [-0.05, 0) is 109 Å². The molecule has 1 aliphatic heterocycles. The number of benzene rings is 4. The van der Waals surface area contributed by atoms with E-state index in [1.54, 1.807) is 36.3 Å². The number of rotatable bonds is 14. The first-order chi connectivity index (χ1) is 23.2. The summed E-state index contributed by atoms with van der Waals surface area (Å²) in [4.78, 5) is 30.7. The van der Waals surface area contributed by atoms with E-state index in [1.165, 1.54) is 25.0 Å². The summed E-state index contributed by atoms with van der Waals surface area (Å²) in [6.07, 6.45) is 6.29. The van der Waals surface area contributed by atoms with Gasteiger partial charge in [-0.1, -0.05) is 54.6 Å². The van der Waals surface area contributed by atoms with Crippen LogP contribution in [0.5, 0.6) is 5.75 Å². The molecule has 1 saturated heterocycles. The lowest BCUT2D eigenvalue weighted by Gasteiger charge is -2.22. The van der Waals surface area contributed by atoms with Crippen LogP contribution in [0.4, 0.5) is 0 Å². The highest BCUT2D eigenvalue weighted by molar-refractivity contribution is 7.89. The Bertz CT molecular complexity index is 1830. The van der Waals surface area contributed by atoms with E-state index in [1.807, 2.05) is 72.8 Å². The molecule has 0 saturated carbocycles. The van der Waals surface area contributed by atoms with E-state index < -0.39 is 10.0 Å². The molecule has 1 fully saturated rings. The molecule has 0 atom stereocenters. The third-order valence-electron chi connectivity index (χ3n) is 8.44. The first-order valence-electron chi connectivity index (χ1n) is 16.1. The number of primary sulfonamides is 1. The summed E-state index contributed by atoms with van der Waals surface area (Å²) in [6.45, 7) is 4.42. The third-order valence-corrected chi connectivity index (χ3v) is 9.37. The molecule has 1 aliphatic rings. The van der Waals surface area contributed by atoms with Crippen LogP contribution in [-0.4, -0.2) is 69.9 Å². The number of ether oxygens (including phenoxy) is 1. The number of nitrogens with two attached hydrogens (primary N) is 1. The molecule has 0 radical (unpaired) electrons. The fourth-order valence-electron chi connectivity index (χ4n) is 5.71. The summed E-state index contributed by atoms with van der Waals surface area (Å²) in [5.74, 6) is 0.479. The summed E-state index contributed by atoms with van der Waals surface area (Å²) in [6, 6.07) is 29.4. The van der Waals surface area contributed by atoms with Crippen molar-refractivity contribution in [3.05, 3.63) is 125 Å². The van der Waals surface area contributed by atoms with Crippen molar-refractivity contribution >= 4 is 27.9 Å². The molecule has 4 aromatic rings. The number of nitrogens with zero attached hydrogens (tertiary/aromatic N) is 2. The maximum atomic E-state index is 13.6. The number of hydrogen-bond donors (Lipinski definition) is 2. The molecule has 0 spiro atoms. The van der Waals surface area contributed by atoms with Gasteiger partial charge in [-0.3, -0.25) is 9.59 Å². The maximum Gasteiger partial charge on any atom is 0.251 e. The zero-order valence-corrected chi connectivity index (χ0v) is 28.0. The van der Waals surface area contributed by atoms with E-state index in [-0.39, 0.29) is 16.7 Å². The van der Waals surface area contributed by atoms with Crippen LogP contribution in [0.1, 0.15) is 39.9 Å². The van der Waals surface area contributed by atoms with Crippen LogP contribution in [0.3, 0.4) is 0 Å². The van der Waals surface area contributed by atoms with Crippen molar-refractivity contribution in [3.8, 4) is 16.9 Å². The zero-order chi connectivity index (χ0) is 33.9. The molecular weight excluding hydrogens is 625 g/mol. The lowest BCUT2D eigenvalue weighted by molar-refractivity contribution is -0.126. The quantitative estimate of drug-likeness (QED) is 0.180. The number of likely N-dealkylation sites (tertiary alicyclic amines) is 1. The van der Waals surface area contributed by atoms with Gasteiger partial charge in [-0.25, -0.2) is 13.6 Å². The van der Waals surface area contributed by atoms with Gasteiger partial charge in [-0.2, -0.15) is 0 Å². The van der Waals surface area contributed by atoms with Gasteiger partial charge in [0.1, 0.15) is 5.75 Å². The van der Waals surface area contributed by atoms with E-state index in [0.29, 0.717) is 31.6 Å². The minimum absolute atomic E-state index is 0.0436. The van der Waals surface area contributed by atoms with Gasteiger partial charge in [0.05, 0.1) is 12.0 Å². The van der Waals surface area contributed by atoms with Gasteiger partial charge < -0.3 is 19.9 Å². The minimum atomic E-state index is -3.79. The molecule has 1 heterocycles. The Morgan fingerprint density at radius 1 is 0.896 bits per heavy atom. The monoisotopic (exact) mass is 666 g/mol. The lowest BCUT2D eigenvalue weighted by Crippen LogP contribution is -2.33. The second kappa shape index (κ2) is 16.4. The number of sulfonamides is 1. The molecule has 0 aliphatic carbocycles. The average molecular weight is 667 g/mol. The highest BCUT2D eigenvalue weighted by atomic mass is 32.2. The second-order valence-corrected chi connectivity index (χ2v) is 13.5. The topological polar surface area (TPSA) is 122 Å². The molecule has 0 aromatic heterocycles. The van der Waals surface area contributed by atoms with E-state index >= 15 is 0 Å². The minimum Gasteiger partial charge on any atom is -0.497 e. The van der Waals surface area contributed by atoms with Crippen LogP contribution in [0.25, 0.3) is 17.2 Å². The van der Waals surface area contributed by atoms with Gasteiger partial charge >= 0.3 is 0 Å². The average Bonchev–Trinajstić information content (AvgIpc) is 3.63. The first kappa shape index (κ1) is 34.6. The van der Waals surface area contributed by atoms with Gasteiger partial charge in [-0.15, -0.1) is 0 Å². The number of amides is 2. The fraction of sp³-hybridized carbons (Fsp3) is 0.263. The highest BCUT2D eigenvalue weighted by Crippen LogP contribution is 2.23. The normalized spacial score (nSPS) is 13.5. The molecule has 48 heavy (non-hydrogen) atoms. The van der Waals surface area contributed by atoms with Crippen molar-refractivity contribution in [3.63, 3.8) is 0 Å². The standard InChI is InChI=1S/C38H42N4O5S/c1-47-35-15-10-29(11-16-35)14-19-37(43)42(24-20-30-12-17-36(18-13-30)48(39,45)46)28-31-6-4-7-32(26-31)33-8-5-9-34(27-33)38(44)40-21-25-41-22-2-3-23-41/h4-19,26-27H,2-3,20-25,28H2,1H3,(H,40,44)(H2,39,45,46)/b19-14+. The molecule has 2 amide bonds. The molecule has 9 nitrogen and oxygen atoms in total. The van der Waals surface area contributed by atoms with E-state index in [4.69, 9.17) is 9.88 Å². The fourth-order valence-corrected chi connectivity index (χ4v) is 6.23. The molecule has 5 rings (SSSR count). The molecule has 10 heteroatoms. The Kier molecular flexibility index (Phi) is 11.8. The van der Waals surface area contributed by atoms with Crippen molar-refractivity contribution in [2.45, 2.75) is 30.7 Å². The van der Waals surface area contributed by atoms with Crippen LogP contribution in [0, 0.1) is 0 Å². The Morgan fingerprint density at radius 2 is 1.58 bits per heavy atom. The molecule has 250 valence electrons. The smallest absolute Gasteiger partial charge is 0.251 e. The van der Waals surface area contributed by atoms with Gasteiger partial charge in [0.2, 0.25) is 15.9 Å². The Balaban J connectivity index is 1.30. The molecule has 0 bridgehead atoms. The Morgan fingerprint density at radius 3 is 2.27 bits per heavy atom. The first-order valence-corrected chi connectivity index (χ1v) is 17.7. The number of carbonyl (C=O) groups excluding carboxylic acids is 2. The zero-order valence-electron chi connectivity index (χ0n) is 27.2. The SMILES string of the molecule is COc1ccc(/C=C/C(=O)N(CCc2ccc(S(N)(=O)=O)cc2)Cc2cccc(-c3cccc(C(=O)NCCN4CCCC4)c3)c2)cc1. The summed E-state index contributed by atoms with van der Waals surface area (Å²) < 4.78 is 28.6. The summed E-state index contributed by atoms with van der Waals surface area (Å²) in [5, 5.41) is 8.30. The second-order valence-electron chi connectivity index (χ2n) is 11.9. The van der Waals surface area contributed by atoms with Crippen LogP contribution in [0.15, 0.2) is 108 Å². The molecule has 0 unspecified atom stereocenters. The predicted octanol–water partition coefficient (Wildman–Crippen LogP) is 5.12. The van der Waals surface area contributed by atoms with Crippen LogP contribution in [-0.2, 0) is 27.8 Å². The van der Waals surface area contributed by atoms with Gasteiger partial charge in [0.25, 0.3) is 5.91 Å². The summed E-state index contributed by atoms with van der Waals surface area (Å²) in [5.41, 5.74) is 5.14. The molecule has 3 N–H and O–H groups in total. The van der Waals surface area contributed by atoms with Crippen molar-refractivity contribution in [1.29, 1.82) is 0 Å². The van der Waals surface area contributed by atoms with Crippen molar-refractivity contribution in [2.24, 2.45) is 5.14 Å². The molecule has 4 aromatic carbocycles. The van der Waals surface area contributed by atoms with Crippen LogP contribution in [0.2, 0.25) is 0 Å². The van der Waals surface area contributed by atoms with E-state index in [0.717, 1.165) is 53.2 Å². The largest absolute Gasteiger partial charge is 0.497 e. The van der Waals surface area contributed by atoms with E-state index in [2.05, 4.69) is 10.2 Å². The predicted molar refractivity (Wildman–Crippen MR) is 189 cm³/mol. The highest BCUT2D eigenvalue weighted by Gasteiger charge is 2.15. The lowest BCUT2D eigenvalue weighted by atomic mass is 10.0. The number of nitrogens with one attached hydrogen (secondary N) is 1. The van der Waals surface area contributed by atoms with Gasteiger partial charge in [0, 0.05) is 37.8 Å². The summed E-state index contributed by atoms with van der Waals surface area (Å²) in [7, 11) is -2.19. The van der Waals surface area contributed by atoms with E-state index in [9.17, 15) is 18.0 Å². The summed E-state index contributed by atoms with van der Waals surface area (Å²) >= 11 is 0. The van der Waals surface area contributed by atoms with Crippen molar-refractivity contribution in [1.82, 2.24) is 15.1 Å². The number of methoxy groups -OCH3 is 1. The maximum absolute atomic E-state index is 13.6. The van der Waals surface area contributed by atoms with Crippen molar-refractivity contribution in [2.75, 3.05) is 39.8 Å². The van der Waals surface area contributed by atoms with Crippen LogP contribution < -0.4 is 15.2 Å². The number of carbonyl (C=O) groups is 2. The van der Waals surface area contributed by atoms with Gasteiger partial charge in [0.15, 0.2) is 0 Å². The Labute approximate surface area is 283 Å². The molecular formula is C38H42N4O5S. The van der Waals surface area contributed by atoms with Crippen molar-refractivity contribution < 1.29 is 22.7 Å².